The van der Waals surface area contributed by atoms with Gasteiger partial charge in [-0.25, -0.2) is 9.59 Å². The summed E-state index contributed by atoms with van der Waals surface area (Å²) >= 11 is 0. The lowest BCUT2D eigenvalue weighted by Crippen LogP contribution is -2.73. The highest BCUT2D eigenvalue weighted by atomic mass is 16.7. The van der Waals surface area contributed by atoms with Crippen molar-refractivity contribution in [2.45, 2.75) is 108 Å². The molecule has 4 N–H and O–H groups in total. The van der Waals surface area contributed by atoms with Crippen LogP contribution in [0.15, 0.2) is 11.1 Å². The number of alkyl carbamates (subject to hydrolysis) is 1. The number of ether oxygens (including phenoxy) is 5. The van der Waals surface area contributed by atoms with Gasteiger partial charge in [-0.15, -0.1) is 0 Å². The Balaban J connectivity index is 1.16. The molecule has 13 atom stereocenters. The Hall–Kier alpha value is -1.76. The summed E-state index contributed by atoms with van der Waals surface area (Å²) in [5, 5.41) is 33.2. The quantitative estimate of drug-likeness (QED) is 0.285. The van der Waals surface area contributed by atoms with Crippen LogP contribution in [0.4, 0.5) is 4.79 Å². The van der Waals surface area contributed by atoms with Crippen LogP contribution in [0.2, 0.25) is 0 Å². The first kappa shape index (κ1) is 27.1. The van der Waals surface area contributed by atoms with Gasteiger partial charge < -0.3 is 44.3 Å². The van der Waals surface area contributed by atoms with Crippen LogP contribution in [0.3, 0.4) is 0 Å². The average Bonchev–Trinajstić information content (AvgIpc) is 3.80. The molecule has 0 aromatic carbocycles. The lowest BCUT2D eigenvalue weighted by atomic mass is 9.49. The molecule has 2 saturated carbocycles. The predicted molar refractivity (Wildman–Crippen MR) is 137 cm³/mol. The molecule has 0 bridgehead atoms. The Kier molecular flexibility index (Phi) is 5.70. The number of epoxide rings is 1. The van der Waals surface area contributed by atoms with Crippen molar-refractivity contribution in [2.75, 3.05) is 19.8 Å². The maximum atomic E-state index is 13.4. The highest BCUT2D eigenvalue weighted by molar-refractivity contribution is 5.92. The normalized spacial score (nSPS) is 53.9. The topological polar surface area (TPSA) is 156 Å². The zero-order chi connectivity index (χ0) is 28.6. The fraction of sp³-hybridized carbons (Fsp3) is 0.862. The van der Waals surface area contributed by atoms with Crippen molar-refractivity contribution in [3.63, 3.8) is 0 Å². The van der Waals surface area contributed by atoms with Gasteiger partial charge in [0, 0.05) is 28.9 Å². The predicted octanol–water partition coefficient (Wildman–Crippen LogP) is 0.823. The van der Waals surface area contributed by atoms with Gasteiger partial charge >= 0.3 is 12.1 Å². The molecular weight excluding hydrogens is 522 g/mol. The summed E-state index contributed by atoms with van der Waals surface area (Å²) in [7, 11) is 0. The molecule has 11 nitrogen and oxygen atoms in total. The summed E-state index contributed by atoms with van der Waals surface area (Å²) in [6, 6.07) is 0. The van der Waals surface area contributed by atoms with E-state index in [1.54, 1.807) is 6.92 Å². The van der Waals surface area contributed by atoms with Crippen molar-refractivity contribution in [1.29, 1.82) is 0 Å². The second-order valence-electron chi connectivity index (χ2n) is 13.8. The zero-order valence-corrected chi connectivity index (χ0v) is 23.7. The Morgan fingerprint density at radius 2 is 1.93 bits per heavy atom. The van der Waals surface area contributed by atoms with E-state index >= 15 is 0 Å². The fourth-order valence-electron chi connectivity index (χ4n) is 9.64. The second-order valence-corrected chi connectivity index (χ2v) is 13.8. The van der Waals surface area contributed by atoms with E-state index < -0.39 is 53.9 Å². The van der Waals surface area contributed by atoms with Gasteiger partial charge in [0.15, 0.2) is 0 Å². The van der Waals surface area contributed by atoms with Crippen molar-refractivity contribution in [3.8, 4) is 0 Å². The minimum absolute atomic E-state index is 0.00373. The standard InChI is InChI=1S/C29H41NO10/c1-12(2)28-8-16(28)22-29(40-22)26(4)7-6-14-15(10-36-23(14)34)17(26)11-37-27(29,5)24(28)39-25(35)30-9-18-20(32)21(33)19(31)13(3)38-18/h12-13,16-22,24,31-33H,6-11H2,1-5H3,(H,30,35)/t13?,16-,17-,18+,19-,20+,21+,22-,24-,26-,27+,28+,29+/m0/s1. The number of carbonyl (C=O) groups is 2. The number of nitrogens with one attached hydrogen (secondary N) is 1. The van der Waals surface area contributed by atoms with Crippen LogP contribution in [0.25, 0.3) is 0 Å². The van der Waals surface area contributed by atoms with Gasteiger partial charge in [-0.2, -0.15) is 0 Å². The number of hydrogen-bond donors (Lipinski definition) is 4. The first-order valence-corrected chi connectivity index (χ1v) is 14.7. The molecule has 4 heterocycles. The molecule has 0 aromatic rings. The summed E-state index contributed by atoms with van der Waals surface area (Å²) in [5.41, 5.74) is -0.350. The Labute approximate surface area is 233 Å². The zero-order valence-electron chi connectivity index (χ0n) is 23.7. The van der Waals surface area contributed by atoms with E-state index in [0.717, 1.165) is 24.0 Å². The average molecular weight is 564 g/mol. The fourth-order valence-corrected chi connectivity index (χ4v) is 9.64. The van der Waals surface area contributed by atoms with E-state index in [2.05, 4.69) is 26.1 Å². The maximum absolute atomic E-state index is 13.4. The van der Waals surface area contributed by atoms with E-state index in [9.17, 15) is 24.9 Å². The third kappa shape index (κ3) is 3.11. The van der Waals surface area contributed by atoms with E-state index in [-0.39, 0.29) is 47.2 Å². The van der Waals surface area contributed by atoms with Gasteiger partial charge in [0.25, 0.3) is 0 Å². The minimum Gasteiger partial charge on any atom is -0.458 e. The van der Waals surface area contributed by atoms with Crippen LogP contribution in [-0.4, -0.2) is 101 Å². The Morgan fingerprint density at radius 3 is 2.65 bits per heavy atom. The lowest BCUT2D eigenvalue weighted by molar-refractivity contribution is -0.258. The molecule has 3 saturated heterocycles. The SMILES string of the molecule is CC1O[C@H](CNC(=O)O[C@@H]2[C@@]3(C(C)C)C[C@H]3[C@@H]3O[C@@]34[C@@]3(C)CCC5=C(COC5=O)[C@@H]3CO[C@]24C)[C@@H](O)[C@H](O)[C@H]1O. The van der Waals surface area contributed by atoms with E-state index in [1.165, 1.54) is 0 Å². The first-order valence-electron chi connectivity index (χ1n) is 14.7. The molecule has 7 aliphatic rings. The number of aliphatic hydroxyl groups is 3. The number of carbonyl (C=O) groups excluding carboxylic acids is 2. The molecule has 1 amide bonds. The molecule has 5 fully saturated rings. The molecule has 40 heavy (non-hydrogen) atoms. The highest BCUT2D eigenvalue weighted by Crippen LogP contribution is 2.82. The lowest BCUT2D eigenvalue weighted by Gasteiger charge is -2.60. The number of fused-ring (bicyclic) bond motifs is 4. The molecule has 222 valence electrons. The Morgan fingerprint density at radius 1 is 1.18 bits per heavy atom. The minimum atomic E-state index is -1.37. The molecule has 4 aliphatic heterocycles. The second kappa shape index (κ2) is 8.41. The van der Waals surface area contributed by atoms with Gasteiger partial charge in [0.05, 0.1) is 18.8 Å². The maximum Gasteiger partial charge on any atom is 0.407 e. The monoisotopic (exact) mass is 563 g/mol. The highest BCUT2D eigenvalue weighted by Gasteiger charge is 2.93. The van der Waals surface area contributed by atoms with Crippen LogP contribution in [-0.2, 0) is 28.5 Å². The third-order valence-electron chi connectivity index (χ3n) is 12.0. The van der Waals surface area contributed by atoms with E-state index in [1.807, 2.05) is 6.92 Å². The van der Waals surface area contributed by atoms with E-state index in [0.29, 0.717) is 19.6 Å². The molecule has 0 radical (unpaired) electrons. The number of amides is 1. The summed E-state index contributed by atoms with van der Waals surface area (Å²) in [4.78, 5) is 25.7. The van der Waals surface area contributed by atoms with Gasteiger partial charge in [-0.05, 0) is 50.5 Å². The van der Waals surface area contributed by atoms with Crippen molar-refractivity contribution < 1.29 is 48.6 Å². The summed E-state index contributed by atoms with van der Waals surface area (Å²) in [5.74, 6) is 0.220. The largest absolute Gasteiger partial charge is 0.458 e. The van der Waals surface area contributed by atoms with Crippen molar-refractivity contribution in [2.24, 2.45) is 28.6 Å². The molecule has 3 aliphatic carbocycles. The van der Waals surface area contributed by atoms with Crippen molar-refractivity contribution >= 4 is 12.1 Å². The van der Waals surface area contributed by atoms with Crippen LogP contribution in [0.5, 0.6) is 0 Å². The molecule has 11 heteroatoms. The third-order valence-corrected chi connectivity index (χ3v) is 12.0. The van der Waals surface area contributed by atoms with Gasteiger partial charge in [-0.1, -0.05) is 20.8 Å². The molecule has 1 unspecified atom stereocenters. The molecule has 0 aromatic heterocycles. The molecular formula is C29H41NO10. The number of hydrogen-bond acceptors (Lipinski definition) is 10. The van der Waals surface area contributed by atoms with Crippen LogP contribution < -0.4 is 5.32 Å². The van der Waals surface area contributed by atoms with Crippen LogP contribution in [0.1, 0.15) is 53.9 Å². The summed E-state index contributed by atoms with van der Waals surface area (Å²) in [6.45, 7) is 10.8. The van der Waals surface area contributed by atoms with E-state index in [4.69, 9.17) is 23.7 Å². The number of aliphatic hydroxyl groups excluding tert-OH is 3. The summed E-state index contributed by atoms with van der Waals surface area (Å²) in [6.07, 6.45) is -4.50. The smallest absolute Gasteiger partial charge is 0.407 e. The Bertz CT molecular complexity index is 1170. The van der Waals surface area contributed by atoms with Crippen molar-refractivity contribution in [1.82, 2.24) is 5.32 Å². The number of esters is 1. The van der Waals surface area contributed by atoms with Crippen molar-refractivity contribution in [3.05, 3.63) is 11.1 Å². The van der Waals surface area contributed by atoms with Gasteiger partial charge in [0.2, 0.25) is 0 Å². The van der Waals surface area contributed by atoms with Gasteiger partial charge in [0.1, 0.15) is 48.3 Å². The first-order chi connectivity index (χ1) is 18.8. The molecule has 7 rings (SSSR count). The molecule has 1 spiro atoms. The van der Waals surface area contributed by atoms with Crippen LogP contribution in [0, 0.1) is 28.6 Å². The summed E-state index contributed by atoms with van der Waals surface area (Å²) < 4.78 is 30.9. The van der Waals surface area contributed by atoms with Crippen LogP contribution >= 0.6 is 0 Å². The van der Waals surface area contributed by atoms with Gasteiger partial charge in [-0.3, -0.25) is 0 Å². The number of rotatable bonds is 4. The number of cyclic esters (lactones) is 1.